The Morgan fingerprint density at radius 1 is 1.07 bits per heavy atom. The number of hydrogen-bond donors (Lipinski definition) is 2. The van der Waals surface area contributed by atoms with Crippen LogP contribution in [0.1, 0.15) is 22.0 Å². The van der Waals surface area contributed by atoms with Crippen molar-refractivity contribution in [1.82, 2.24) is 10.2 Å². The van der Waals surface area contributed by atoms with Crippen LogP contribution in [-0.4, -0.2) is 36.6 Å². The molecule has 4 amide bonds. The van der Waals surface area contributed by atoms with E-state index in [0.29, 0.717) is 25.3 Å². The molecule has 2 aliphatic heterocycles. The molecule has 2 aromatic carbocycles. The summed E-state index contributed by atoms with van der Waals surface area (Å²) in [5.41, 5.74) is 3.77. The van der Waals surface area contributed by atoms with E-state index in [-0.39, 0.29) is 18.1 Å². The first-order chi connectivity index (χ1) is 14.7. The zero-order valence-electron chi connectivity index (χ0n) is 16.4. The summed E-state index contributed by atoms with van der Waals surface area (Å²) in [4.78, 5) is 30.2. The molecule has 1 unspecified atom stereocenters. The lowest BCUT2D eigenvalue weighted by Crippen LogP contribution is -2.42. The average Bonchev–Trinajstić information content (AvgIpc) is 3.42. The highest BCUT2D eigenvalue weighted by Gasteiger charge is 2.33. The number of thiophene rings is 1. The number of benzene rings is 2. The maximum absolute atomic E-state index is 13.3. The molecule has 1 saturated heterocycles. The standard InChI is InChI=1S/C23H22N4O2S/c28-22-24-11-13-26(22)18-8-4-7-17(15-18)25-23(29)27-12-9-20-19(10-14-30-20)21(27)16-5-2-1-3-6-16/h1-8,10,14-15,21H,9,11-13H2,(H,24,28)(H,25,29). The van der Waals surface area contributed by atoms with Gasteiger partial charge >= 0.3 is 12.1 Å². The molecular formula is C23H22N4O2S. The molecule has 6 nitrogen and oxygen atoms in total. The van der Waals surface area contributed by atoms with Gasteiger partial charge in [-0.05, 0) is 47.2 Å². The van der Waals surface area contributed by atoms with E-state index in [2.05, 4.69) is 34.2 Å². The molecule has 5 rings (SSSR count). The first kappa shape index (κ1) is 18.7. The summed E-state index contributed by atoms with van der Waals surface area (Å²) in [7, 11) is 0. The molecule has 0 saturated carbocycles. The van der Waals surface area contributed by atoms with E-state index < -0.39 is 0 Å². The number of amides is 4. The van der Waals surface area contributed by atoms with Gasteiger partial charge in [-0.15, -0.1) is 11.3 Å². The third-order valence-corrected chi connectivity index (χ3v) is 6.60. The first-order valence-corrected chi connectivity index (χ1v) is 10.9. The minimum Gasteiger partial charge on any atom is -0.336 e. The molecule has 3 aromatic rings. The lowest BCUT2D eigenvalue weighted by Gasteiger charge is -2.36. The van der Waals surface area contributed by atoms with Crippen LogP contribution in [0.2, 0.25) is 0 Å². The van der Waals surface area contributed by atoms with Gasteiger partial charge in [0.2, 0.25) is 0 Å². The maximum Gasteiger partial charge on any atom is 0.322 e. The monoisotopic (exact) mass is 418 g/mol. The van der Waals surface area contributed by atoms with Crippen LogP contribution in [0.3, 0.4) is 0 Å². The molecular weight excluding hydrogens is 396 g/mol. The minimum absolute atomic E-state index is 0.103. The van der Waals surface area contributed by atoms with Gasteiger partial charge < -0.3 is 15.5 Å². The zero-order chi connectivity index (χ0) is 20.5. The van der Waals surface area contributed by atoms with Crippen molar-refractivity contribution in [2.75, 3.05) is 29.9 Å². The number of nitrogens with one attached hydrogen (secondary N) is 2. The Kier molecular flexibility index (Phi) is 4.88. The van der Waals surface area contributed by atoms with Gasteiger partial charge in [0.1, 0.15) is 0 Å². The molecule has 3 heterocycles. The third kappa shape index (κ3) is 3.41. The predicted molar refractivity (Wildman–Crippen MR) is 119 cm³/mol. The Morgan fingerprint density at radius 3 is 2.73 bits per heavy atom. The van der Waals surface area contributed by atoms with E-state index in [0.717, 1.165) is 17.7 Å². The molecule has 1 atom stereocenters. The van der Waals surface area contributed by atoms with Crippen LogP contribution in [0.15, 0.2) is 66.0 Å². The highest BCUT2D eigenvalue weighted by Crippen LogP contribution is 2.38. The van der Waals surface area contributed by atoms with Gasteiger partial charge in [0.15, 0.2) is 0 Å². The normalized spacial score (nSPS) is 18.1. The summed E-state index contributed by atoms with van der Waals surface area (Å²) in [5.74, 6) is 0. The molecule has 0 spiro atoms. The Bertz CT molecular complexity index is 1080. The van der Waals surface area contributed by atoms with Crippen LogP contribution in [-0.2, 0) is 6.42 Å². The number of hydrogen-bond acceptors (Lipinski definition) is 3. The van der Waals surface area contributed by atoms with E-state index in [1.54, 1.807) is 16.2 Å². The maximum atomic E-state index is 13.3. The third-order valence-electron chi connectivity index (χ3n) is 5.61. The van der Waals surface area contributed by atoms with Crippen molar-refractivity contribution < 1.29 is 9.59 Å². The zero-order valence-corrected chi connectivity index (χ0v) is 17.2. The van der Waals surface area contributed by atoms with Crippen molar-refractivity contribution in [3.8, 4) is 0 Å². The number of carbonyl (C=O) groups excluding carboxylic acids is 2. The number of urea groups is 2. The minimum atomic E-state index is -0.135. The van der Waals surface area contributed by atoms with E-state index in [4.69, 9.17) is 0 Å². The summed E-state index contributed by atoms with van der Waals surface area (Å²) in [6, 6.07) is 19.4. The van der Waals surface area contributed by atoms with E-state index >= 15 is 0 Å². The van der Waals surface area contributed by atoms with Gasteiger partial charge in [-0.25, -0.2) is 9.59 Å². The van der Waals surface area contributed by atoms with Crippen molar-refractivity contribution in [2.24, 2.45) is 0 Å². The van der Waals surface area contributed by atoms with Crippen molar-refractivity contribution >= 4 is 34.8 Å². The van der Waals surface area contributed by atoms with Crippen LogP contribution in [0.5, 0.6) is 0 Å². The highest BCUT2D eigenvalue weighted by atomic mass is 32.1. The lowest BCUT2D eigenvalue weighted by atomic mass is 9.93. The first-order valence-electron chi connectivity index (χ1n) is 10.0. The highest BCUT2D eigenvalue weighted by molar-refractivity contribution is 7.10. The topological polar surface area (TPSA) is 64.7 Å². The smallest absolute Gasteiger partial charge is 0.322 e. The molecule has 0 aliphatic carbocycles. The van der Waals surface area contributed by atoms with E-state index in [9.17, 15) is 9.59 Å². The summed E-state index contributed by atoms with van der Waals surface area (Å²) < 4.78 is 0. The summed E-state index contributed by atoms with van der Waals surface area (Å²) >= 11 is 1.76. The van der Waals surface area contributed by atoms with Crippen LogP contribution >= 0.6 is 11.3 Å². The lowest BCUT2D eigenvalue weighted by molar-refractivity contribution is 0.194. The number of rotatable bonds is 3. The predicted octanol–water partition coefficient (Wildman–Crippen LogP) is 4.46. The SMILES string of the molecule is O=C1NCCN1c1cccc(NC(=O)N2CCc3sccc3C2c2ccccc2)c1. The molecule has 0 radical (unpaired) electrons. The van der Waals surface area contributed by atoms with Crippen molar-refractivity contribution in [3.63, 3.8) is 0 Å². The van der Waals surface area contributed by atoms with Gasteiger partial charge in [0.05, 0.1) is 6.04 Å². The van der Waals surface area contributed by atoms with Crippen LogP contribution in [0, 0.1) is 0 Å². The van der Waals surface area contributed by atoms with Crippen molar-refractivity contribution in [2.45, 2.75) is 12.5 Å². The largest absolute Gasteiger partial charge is 0.336 e. The fraction of sp³-hybridized carbons (Fsp3) is 0.217. The van der Waals surface area contributed by atoms with Crippen LogP contribution in [0.4, 0.5) is 21.0 Å². The Hall–Kier alpha value is -3.32. The van der Waals surface area contributed by atoms with Crippen LogP contribution < -0.4 is 15.5 Å². The Balaban J connectivity index is 1.41. The number of nitrogens with zero attached hydrogens (tertiary/aromatic N) is 2. The van der Waals surface area contributed by atoms with Gasteiger partial charge in [-0.1, -0.05) is 36.4 Å². The molecule has 1 aromatic heterocycles. The number of anilines is 2. The fourth-order valence-electron chi connectivity index (χ4n) is 4.19. The Morgan fingerprint density at radius 2 is 1.93 bits per heavy atom. The number of carbonyl (C=O) groups is 2. The molecule has 0 bridgehead atoms. The second-order valence-corrected chi connectivity index (χ2v) is 8.42. The average molecular weight is 419 g/mol. The molecule has 2 aliphatic rings. The Labute approximate surface area is 179 Å². The van der Waals surface area contributed by atoms with E-state index in [1.165, 1.54) is 10.4 Å². The fourth-order valence-corrected chi connectivity index (χ4v) is 5.10. The molecule has 30 heavy (non-hydrogen) atoms. The molecule has 152 valence electrons. The molecule has 1 fully saturated rings. The second-order valence-electron chi connectivity index (χ2n) is 7.42. The van der Waals surface area contributed by atoms with Crippen molar-refractivity contribution in [1.29, 1.82) is 0 Å². The van der Waals surface area contributed by atoms with E-state index in [1.807, 2.05) is 47.4 Å². The quantitative estimate of drug-likeness (QED) is 0.660. The van der Waals surface area contributed by atoms with Crippen LogP contribution in [0.25, 0.3) is 0 Å². The van der Waals surface area contributed by atoms with Gasteiger partial charge in [-0.2, -0.15) is 0 Å². The second kappa shape index (κ2) is 7.84. The molecule has 7 heteroatoms. The van der Waals surface area contributed by atoms with Gasteiger partial charge in [0, 0.05) is 35.9 Å². The summed E-state index contributed by atoms with van der Waals surface area (Å²) in [6.45, 7) is 1.91. The summed E-state index contributed by atoms with van der Waals surface area (Å²) in [5, 5.41) is 7.95. The van der Waals surface area contributed by atoms with Gasteiger partial charge in [-0.3, -0.25) is 4.90 Å². The summed E-state index contributed by atoms with van der Waals surface area (Å²) in [6.07, 6.45) is 0.859. The molecule has 2 N–H and O–H groups in total. The number of fused-ring (bicyclic) bond motifs is 1. The van der Waals surface area contributed by atoms with Gasteiger partial charge in [0.25, 0.3) is 0 Å². The van der Waals surface area contributed by atoms with Crippen molar-refractivity contribution in [3.05, 3.63) is 82.0 Å².